The lowest BCUT2D eigenvalue weighted by Crippen LogP contribution is -1.95. The Bertz CT molecular complexity index is 1340. The van der Waals surface area contributed by atoms with Gasteiger partial charge in [0.2, 0.25) is 0 Å². The summed E-state index contributed by atoms with van der Waals surface area (Å²) in [5, 5.41) is 0.703. The van der Waals surface area contributed by atoms with E-state index in [1.165, 1.54) is 5.56 Å². The minimum absolute atomic E-state index is 0.500. The van der Waals surface area contributed by atoms with Gasteiger partial charge < -0.3 is 9.14 Å². The Labute approximate surface area is 186 Å². The van der Waals surface area contributed by atoms with Crippen LogP contribution in [0.2, 0.25) is 5.02 Å². The summed E-state index contributed by atoms with van der Waals surface area (Å²) in [7, 11) is 0. The minimum atomic E-state index is 0.500. The Morgan fingerprint density at radius 2 is 1.58 bits per heavy atom. The van der Waals surface area contributed by atoms with Crippen molar-refractivity contribution in [2.75, 3.05) is 0 Å². The minimum Gasteiger partial charge on any atom is -0.489 e. The monoisotopic (exact) mass is 424 g/mol. The van der Waals surface area contributed by atoms with Crippen LogP contribution in [0.4, 0.5) is 0 Å². The molecule has 0 atom stereocenters. The maximum atomic E-state index is 5.94. The molecule has 4 heteroatoms. The lowest BCUT2D eigenvalue weighted by Gasteiger charge is -2.09. The molecule has 0 saturated carbocycles. The summed E-state index contributed by atoms with van der Waals surface area (Å²) in [6.45, 7) is 2.59. The quantitative estimate of drug-likeness (QED) is 0.298. The van der Waals surface area contributed by atoms with Gasteiger partial charge in [-0.15, -0.1) is 0 Å². The fourth-order valence-corrected chi connectivity index (χ4v) is 3.69. The second kappa shape index (κ2) is 8.29. The zero-order valence-electron chi connectivity index (χ0n) is 17.1. The molecule has 5 aromatic rings. The Hall–Kier alpha value is -3.56. The largest absolute Gasteiger partial charge is 0.489 e. The average Bonchev–Trinajstić information content (AvgIpc) is 3.23. The number of pyridine rings is 1. The van der Waals surface area contributed by atoms with Crippen LogP contribution < -0.4 is 4.74 Å². The lowest BCUT2D eigenvalue weighted by atomic mass is 10.1. The molecule has 0 N–H and O–H groups in total. The number of ether oxygens (including phenoxy) is 1. The van der Waals surface area contributed by atoms with Crippen LogP contribution in [0.5, 0.6) is 5.75 Å². The van der Waals surface area contributed by atoms with Gasteiger partial charge in [0.1, 0.15) is 18.0 Å². The van der Waals surface area contributed by atoms with Crippen LogP contribution >= 0.6 is 11.6 Å². The molecule has 0 aliphatic heterocycles. The van der Waals surface area contributed by atoms with Gasteiger partial charge in [-0.2, -0.15) is 0 Å². The Kier molecular flexibility index (Phi) is 5.19. The summed E-state index contributed by atoms with van der Waals surface area (Å²) in [5.74, 6) is 0.804. The van der Waals surface area contributed by atoms with E-state index in [4.69, 9.17) is 21.3 Å². The van der Waals surface area contributed by atoms with Gasteiger partial charge in [0.05, 0.1) is 5.69 Å². The first-order valence-corrected chi connectivity index (χ1v) is 10.6. The summed E-state index contributed by atoms with van der Waals surface area (Å²) < 4.78 is 7.98. The third kappa shape index (κ3) is 4.32. The highest BCUT2D eigenvalue weighted by atomic mass is 35.5. The number of hydrogen-bond acceptors (Lipinski definition) is 2. The van der Waals surface area contributed by atoms with Crippen LogP contribution in [0.1, 0.15) is 11.1 Å². The van der Waals surface area contributed by atoms with E-state index < -0.39 is 0 Å². The van der Waals surface area contributed by atoms with Gasteiger partial charge in [0.15, 0.2) is 0 Å². The molecule has 0 amide bonds. The highest BCUT2D eigenvalue weighted by Gasteiger charge is 2.07. The molecule has 0 fully saturated rings. The van der Waals surface area contributed by atoms with Crippen LogP contribution in [0.25, 0.3) is 28.0 Å². The maximum absolute atomic E-state index is 5.94. The van der Waals surface area contributed by atoms with Crippen molar-refractivity contribution in [2.24, 2.45) is 0 Å². The van der Waals surface area contributed by atoms with Crippen LogP contribution in [0.3, 0.4) is 0 Å². The predicted octanol–water partition coefficient (Wildman–Crippen LogP) is 7.21. The average molecular weight is 425 g/mol. The third-order valence-corrected chi connectivity index (χ3v) is 5.53. The van der Waals surface area contributed by atoms with Crippen LogP contribution in [-0.4, -0.2) is 9.38 Å². The Morgan fingerprint density at radius 3 is 2.39 bits per heavy atom. The van der Waals surface area contributed by atoms with E-state index in [9.17, 15) is 0 Å². The second-order valence-corrected chi connectivity index (χ2v) is 8.05. The first-order valence-electron chi connectivity index (χ1n) is 10.2. The van der Waals surface area contributed by atoms with Crippen molar-refractivity contribution in [1.29, 1.82) is 0 Å². The molecule has 5 rings (SSSR count). The number of imidazole rings is 1. The molecule has 0 unspecified atom stereocenters. The molecule has 0 radical (unpaired) electrons. The zero-order valence-corrected chi connectivity index (χ0v) is 17.9. The van der Waals surface area contributed by atoms with Crippen molar-refractivity contribution in [3.63, 3.8) is 0 Å². The fourth-order valence-electron chi connectivity index (χ4n) is 3.56. The summed E-state index contributed by atoms with van der Waals surface area (Å²) in [5.41, 5.74) is 7.66. The summed E-state index contributed by atoms with van der Waals surface area (Å²) in [4.78, 5) is 4.77. The van der Waals surface area contributed by atoms with Crippen molar-refractivity contribution in [2.45, 2.75) is 13.5 Å². The molecule has 0 saturated heterocycles. The topological polar surface area (TPSA) is 26.5 Å². The number of benzene rings is 3. The number of aryl methyl sites for hydroxylation is 1. The van der Waals surface area contributed by atoms with Gasteiger partial charge in [-0.25, -0.2) is 4.98 Å². The molecular weight excluding hydrogens is 404 g/mol. The van der Waals surface area contributed by atoms with E-state index >= 15 is 0 Å². The number of rotatable bonds is 5. The van der Waals surface area contributed by atoms with Gasteiger partial charge in [0, 0.05) is 23.0 Å². The zero-order chi connectivity index (χ0) is 21.2. The van der Waals surface area contributed by atoms with Crippen molar-refractivity contribution in [3.05, 3.63) is 113 Å². The molecule has 31 heavy (non-hydrogen) atoms. The molecule has 3 aromatic carbocycles. The van der Waals surface area contributed by atoms with Crippen molar-refractivity contribution >= 4 is 17.2 Å². The van der Waals surface area contributed by atoms with Crippen LogP contribution in [0.15, 0.2) is 97.3 Å². The van der Waals surface area contributed by atoms with E-state index in [0.29, 0.717) is 11.6 Å². The third-order valence-electron chi connectivity index (χ3n) is 5.28. The first-order chi connectivity index (χ1) is 15.1. The standard InChI is InChI=1S/C27H21ClN2O/c1-19-5-7-21(8-6-19)26-17-30-16-23(9-14-27(30)29-26)22-4-2-3-20(15-22)18-31-25-12-10-24(28)11-13-25/h2-17H,18H2,1H3. The smallest absolute Gasteiger partial charge is 0.137 e. The van der Waals surface area contributed by atoms with E-state index in [0.717, 1.165) is 39.3 Å². The SMILES string of the molecule is Cc1ccc(-c2cn3cc(-c4cccc(COc5ccc(Cl)cc5)c4)ccc3n2)cc1. The van der Waals surface area contributed by atoms with E-state index in [2.05, 4.69) is 84.4 Å². The number of fused-ring (bicyclic) bond motifs is 1. The van der Waals surface area contributed by atoms with Gasteiger partial charge in [0.25, 0.3) is 0 Å². The highest BCUT2D eigenvalue weighted by molar-refractivity contribution is 6.30. The van der Waals surface area contributed by atoms with Crippen molar-refractivity contribution in [1.82, 2.24) is 9.38 Å². The molecule has 0 bridgehead atoms. The molecule has 0 aliphatic carbocycles. The Morgan fingerprint density at radius 1 is 0.806 bits per heavy atom. The van der Waals surface area contributed by atoms with Crippen LogP contribution in [0, 0.1) is 6.92 Å². The van der Waals surface area contributed by atoms with E-state index in [-0.39, 0.29) is 0 Å². The van der Waals surface area contributed by atoms with Gasteiger partial charge >= 0.3 is 0 Å². The number of aromatic nitrogens is 2. The van der Waals surface area contributed by atoms with Crippen molar-refractivity contribution < 1.29 is 4.74 Å². The fraction of sp³-hybridized carbons (Fsp3) is 0.0741. The number of nitrogens with zero attached hydrogens (tertiary/aromatic N) is 2. The lowest BCUT2D eigenvalue weighted by molar-refractivity contribution is 0.306. The summed E-state index contributed by atoms with van der Waals surface area (Å²) >= 11 is 5.94. The number of halogens is 1. The predicted molar refractivity (Wildman–Crippen MR) is 127 cm³/mol. The summed E-state index contributed by atoms with van der Waals surface area (Å²) in [6, 6.07) is 28.5. The Balaban J connectivity index is 1.39. The molecular formula is C27H21ClN2O. The second-order valence-electron chi connectivity index (χ2n) is 7.62. The van der Waals surface area contributed by atoms with Gasteiger partial charge in [-0.05, 0) is 66.1 Å². The molecule has 2 heterocycles. The summed E-state index contributed by atoms with van der Waals surface area (Å²) in [6.07, 6.45) is 4.20. The van der Waals surface area contributed by atoms with E-state index in [1.54, 1.807) is 0 Å². The number of hydrogen-bond donors (Lipinski definition) is 0. The molecule has 0 aliphatic rings. The van der Waals surface area contributed by atoms with Gasteiger partial charge in [-0.1, -0.05) is 59.6 Å². The molecule has 152 valence electrons. The normalized spacial score (nSPS) is 11.0. The maximum Gasteiger partial charge on any atom is 0.137 e. The van der Waals surface area contributed by atoms with Crippen LogP contribution in [-0.2, 0) is 6.61 Å². The first kappa shape index (κ1) is 19.4. The van der Waals surface area contributed by atoms with Crippen molar-refractivity contribution in [3.8, 4) is 28.1 Å². The molecule has 2 aromatic heterocycles. The highest BCUT2D eigenvalue weighted by Crippen LogP contribution is 2.25. The van der Waals surface area contributed by atoms with E-state index in [1.807, 2.05) is 24.3 Å². The molecule has 3 nitrogen and oxygen atoms in total. The molecule has 0 spiro atoms. The van der Waals surface area contributed by atoms with Gasteiger partial charge in [-0.3, -0.25) is 0 Å².